The number of allylic oxidation sites excluding steroid dienone is 1. The molecule has 174 valence electrons. The van der Waals surface area contributed by atoms with Gasteiger partial charge in [0.2, 0.25) is 18.7 Å². The summed E-state index contributed by atoms with van der Waals surface area (Å²) in [4.78, 5) is 47.4. The van der Waals surface area contributed by atoms with Gasteiger partial charge in [-0.15, -0.1) is 0 Å². The molecule has 0 aromatic carbocycles. The van der Waals surface area contributed by atoms with E-state index in [-0.39, 0.29) is 24.8 Å². The standard InChI is InChI=1S/C21H34N4O6/c1-5-18(23-9-11-31-13-12-30-10-8-22)20(16(2)3)21(29)25(15-27)17(4)6-7-19(28)24-14-26/h5,14-15,17,23H,1-2,6-13,22H2,3-4H3,(H,24,26,28)/b20-18-. The molecule has 0 aliphatic rings. The van der Waals surface area contributed by atoms with Crippen LogP contribution in [0.5, 0.6) is 0 Å². The molecule has 1 unspecified atom stereocenters. The van der Waals surface area contributed by atoms with Crippen LogP contribution in [-0.2, 0) is 28.7 Å². The molecule has 0 aromatic heterocycles. The summed E-state index contributed by atoms with van der Waals surface area (Å²) in [5.41, 5.74) is 6.39. The molecule has 0 saturated heterocycles. The van der Waals surface area contributed by atoms with Gasteiger partial charge in [0.1, 0.15) is 0 Å². The summed E-state index contributed by atoms with van der Waals surface area (Å²) in [5.74, 6) is -1.05. The van der Waals surface area contributed by atoms with Gasteiger partial charge in [-0.25, -0.2) is 0 Å². The van der Waals surface area contributed by atoms with E-state index in [4.69, 9.17) is 15.2 Å². The van der Waals surface area contributed by atoms with E-state index in [9.17, 15) is 19.2 Å². The number of imide groups is 2. The molecule has 31 heavy (non-hydrogen) atoms. The molecule has 0 heterocycles. The minimum atomic E-state index is -0.570. The zero-order valence-corrected chi connectivity index (χ0v) is 18.4. The third-order valence-electron chi connectivity index (χ3n) is 4.14. The second-order valence-electron chi connectivity index (χ2n) is 6.60. The maximum Gasteiger partial charge on any atom is 0.262 e. The summed E-state index contributed by atoms with van der Waals surface area (Å²) in [5, 5.41) is 5.09. The van der Waals surface area contributed by atoms with Crippen molar-refractivity contribution in [3.8, 4) is 0 Å². The first kappa shape index (κ1) is 28.2. The molecular formula is C21H34N4O6. The van der Waals surface area contributed by atoms with Crippen molar-refractivity contribution in [1.82, 2.24) is 15.5 Å². The monoisotopic (exact) mass is 438 g/mol. The Hall–Kier alpha value is -2.82. The Kier molecular flexibility index (Phi) is 15.4. The highest BCUT2D eigenvalue weighted by Gasteiger charge is 2.26. The van der Waals surface area contributed by atoms with E-state index in [0.29, 0.717) is 57.2 Å². The smallest absolute Gasteiger partial charge is 0.262 e. The molecule has 0 rings (SSSR count). The van der Waals surface area contributed by atoms with Crippen LogP contribution in [0.2, 0.25) is 0 Å². The number of amides is 4. The van der Waals surface area contributed by atoms with Gasteiger partial charge >= 0.3 is 0 Å². The summed E-state index contributed by atoms with van der Waals surface area (Å²) < 4.78 is 10.6. The minimum Gasteiger partial charge on any atom is -0.382 e. The van der Waals surface area contributed by atoms with E-state index < -0.39 is 17.9 Å². The second kappa shape index (κ2) is 16.9. The zero-order chi connectivity index (χ0) is 23.6. The first-order valence-corrected chi connectivity index (χ1v) is 9.96. The minimum absolute atomic E-state index is 0.0114. The lowest BCUT2D eigenvalue weighted by molar-refractivity contribution is -0.138. The van der Waals surface area contributed by atoms with E-state index in [1.54, 1.807) is 13.8 Å². The van der Waals surface area contributed by atoms with Crippen molar-refractivity contribution in [2.75, 3.05) is 39.5 Å². The quantitative estimate of drug-likeness (QED) is 0.118. The predicted octanol–water partition coefficient (Wildman–Crippen LogP) is 0.0104. The van der Waals surface area contributed by atoms with Gasteiger partial charge in [0.05, 0.1) is 32.0 Å². The zero-order valence-electron chi connectivity index (χ0n) is 18.4. The number of hydrogen-bond acceptors (Lipinski definition) is 8. The Morgan fingerprint density at radius 2 is 1.81 bits per heavy atom. The number of nitrogens with one attached hydrogen (secondary N) is 2. The van der Waals surface area contributed by atoms with Crippen LogP contribution in [-0.4, -0.2) is 75.1 Å². The average molecular weight is 439 g/mol. The van der Waals surface area contributed by atoms with Gasteiger partial charge in [-0.2, -0.15) is 0 Å². The summed E-state index contributed by atoms with van der Waals surface area (Å²) in [6, 6.07) is -0.570. The van der Waals surface area contributed by atoms with Gasteiger partial charge in [0.15, 0.2) is 0 Å². The lowest BCUT2D eigenvalue weighted by atomic mass is 10.0. The molecule has 0 bridgehead atoms. The molecule has 0 saturated carbocycles. The summed E-state index contributed by atoms with van der Waals surface area (Å²) >= 11 is 0. The molecule has 10 heteroatoms. The molecule has 4 amide bonds. The second-order valence-corrected chi connectivity index (χ2v) is 6.60. The molecule has 0 fully saturated rings. The van der Waals surface area contributed by atoms with Crippen molar-refractivity contribution < 1.29 is 28.7 Å². The van der Waals surface area contributed by atoms with Gasteiger partial charge in [0.25, 0.3) is 5.91 Å². The maximum atomic E-state index is 13.0. The normalized spacial score (nSPS) is 12.2. The van der Waals surface area contributed by atoms with Crippen LogP contribution >= 0.6 is 0 Å². The van der Waals surface area contributed by atoms with Crippen LogP contribution in [0, 0.1) is 0 Å². The number of ether oxygens (including phenoxy) is 2. The van der Waals surface area contributed by atoms with E-state index in [0.717, 1.165) is 4.90 Å². The van der Waals surface area contributed by atoms with E-state index in [1.807, 2.05) is 5.32 Å². The highest BCUT2D eigenvalue weighted by Crippen LogP contribution is 2.18. The molecule has 0 aliphatic carbocycles. The predicted molar refractivity (Wildman–Crippen MR) is 117 cm³/mol. The molecular weight excluding hydrogens is 404 g/mol. The fourth-order valence-corrected chi connectivity index (χ4v) is 2.55. The van der Waals surface area contributed by atoms with Crippen LogP contribution < -0.4 is 16.4 Å². The first-order valence-electron chi connectivity index (χ1n) is 9.96. The van der Waals surface area contributed by atoms with Gasteiger partial charge in [-0.3, -0.25) is 29.4 Å². The van der Waals surface area contributed by atoms with Crippen LogP contribution in [0.4, 0.5) is 0 Å². The summed E-state index contributed by atoms with van der Waals surface area (Å²) in [6.45, 7) is 13.4. The SMILES string of the molecule is C=C/C(NCCOCCOCCN)=C(\C(=C)C)C(=O)N(C=O)C(C)CCC(=O)NC=O. The van der Waals surface area contributed by atoms with Crippen molar-refractivity contribution in [3.63, 3.8) is 0 Å². The van der Waals surface area contributed by atoms with Crippen LogP contribution in [0.3, 0.4) is 0 Å². The molecule has 0 aliphatic heterocycles. The van der Waals surface area contributed by atoms with Crippen LogP contribution in [0.25, 0.3) is 0 Å². The Labute approximate surface area is 183 Å². The van der Waals surface area contributed by atoms with E-state index >= 15 is 0 Å². The molecule has 10 nitrogen and oxygen atoms in total. The van der Waals surface area contributed by atoms with Crippen molar-refractivity contribution in [2.24, 2.45) is 5.73 Å². The first-order chi connectivity index (χ1) is 14.8. The van der Waals surface area contributed by atoms with E-state index in [1.165, 1.54) is 6.08 Å². The third-order valence-corrected chi connectivity index (χ3v) is 4.14. The molecule has 0 radical (unpaired) electrons. The maximum absolute atomic E-state index is 13.0. The van der Waals surface area contributed by atoms with Crippen LogP contribution in [0.1, 0.15) is 26.7 Å². The largest absolute Gasteiger partial charge is 0.382 e. The number of nitrogens with zero attached hydrogens (tertiary/aromatic N) is 1. The molecule has 0 spiro atoms. The fourth-order valence-electron chi connectivity index (χ4n) is 2.55. The molecule has 1 atom stereocenters. The number of carbonyl (C=O) groups excluding carboxylic acids is 4. The van der Waals surface area contributed by atoms with Crippen molar-refractivity contribution in [1.29, 1.82) is 0 Å². The van der Waals surface area contributed by atoms with Crippen molar-refractivity contribution in [3.05, 3.63) is 36.1 Å². The molecule has 4 N–H and O–H groups in total. The number of carbonyl (C=O) groups is 4. The van der Waals surface area contributed by atoms with Crippen molar-refractivity contribution >= 4 is 24.6 Å². The molecule has 0 aromatic rings. The number of hydrogen-bond donors (Lipinski definition) is 3. The number of nitrogens with two attached hydrogens (primary N) is 1. The third kappa shape index (κ3) is 11.2. The average Bonchev–Trinajstić information content (AvgIpc) is 2.73. The highest BCUT2D eigenvalue weighted by molar-refractivity contribution is 6.03. The summed E-state index contributed by atoms with van der Waals surface area (Å²) in [6.07, 6.45) is 2.36. The van der Waals surface area contributed by atoms with Gasteiger partial charge in [-0.05, 0) is 31.9 Å². The lowest BCUT2D eigenvalue weighted by Gasteiger charge is -2.25. The van der Waals surface area contributed by atoms with Gasteiger partial charge < -0.3 is 20.5 Å². The number of rotatable bonds is 18. The van der Waals surface area contributed by atoms with Crippen LogP contribution in [0.15, 0.2) is 36.1 Å². The summed E-state index contributed by atoms with van der Waals surface area (Å²) in [7, 11) is 0. The van der Waals surface area contributed by atoms with Crippen molar-refractivity contribution in [2.45, 2.75) is 32.7 Å². The Bertz CT molecular complexity index is 662. The van der Waals surface area contributed by atoms with E-state index in [2.05, 4.69) is 18.5 Å². The lowest BCUT2D eigenvalue weighted by Crippen LogP contribution is -2.40. The topological polar surface area (TPSA) is 140 Å². The Balaban J connectivity index is 5.06. The highest BCUT2D eigenvalue weighted by atomic mass is 16.5. The van der Waals surface area contributed by atoms with Gasteiger partial charge in [0, 0.05) is 31.2 Å². The fraction of sp³-hybridized carbons (Fsp3) is 0.524. The Morgan fingerprint density at radius 3 is 2.32 bits per heavy atom. The Morgan fingerprint density at radius 1 is 1.16 bits per heavy atom. The van der Waals surface area contributed by atoms with Gasteiger partial charge in [-0.1, -0.05) is 13.2 Å².